The largest absolute Gasteiger partial charge is 0.478 e. The van der Waals surface area contributed by atoms with Gasteiger partial charge in [-0.25, -0.2) is 18.2 Å². The zero-order chi connectivity index (χ0) is 18.1. The third kappa shape index (κ3) is 3.95. The third-order valence-corrected chi connectivity index (χ3v) is 4.42. The lowest BCUT2D eigenvalue weighted by Gasteiger charge is -2.11. The van der Waals surface area contributed by atoms with Gasteiger partial charge in [-0.2, -0.15) is 13.2 Å². The molecule has 128 valence electrons. The Hall–Kier alpha value is -2.33. The standard InChI is InChI=1S/C13H8ClF3N2O4S/c14-10-5-8(13(15,16)17)6-18-11(10)19-24(22,23)9-3-1-2-7(4-9)12(20)21/h1-6H,(H,18,19)(H,20,21). The number of carbonyl (C=O) groups is 1. The number of sulfonamides is 1. The number of hydrogen-bond donors (Lipinski definition) is 2. The van der Waals surface area contributed by atoms with E-state index in [0.29, 0.717) is 12.3 Å². The first kappa shape index (κ1) is 18.0. The van der Waals surface area contributed by atoms with Gasteiger partial charge in [0.15, 0.2) is 5.82 Å². The SMILES string of the molecule is O=C(O)c1cccc(S(=O)(=O)Nc2ncc(C(F)(F)F)cc2Cl)c1. The van der Waals surface area contributed by atoms with Crippen molar-refractivity contribution in [2.75, 3.05) is 4.72 Å². The highest BCUT2D eigenvalue weighted by atomic mass is 35.5. The minimum absolute atomic E-state index is 0.274. The first-order valence-electron chi connectivity index (χ1n) is 6.09. The van der Waals surface area contributed by atoms with Gasteiger partial charge in [-0.15, -0.1) is 0 Å². The molecule has 2 rings (SSSR count). The van der Waals surface area contributed by atoms with Gasteiger partial charge in [0.05, 0.1) is 21.0 Å². The van der Waals surface area contributed by atoms with Crippen LogP contribution in [0.3, 0.4) is 0 Å². The monoisotopic (exact) mass is 380 g/mol. The summed E-state index contributed by atoms with van der Waals surface area (Å²) >= 11 is 5.63. The van der Waals surface area contributed by atoms with Crippen LogP contribution in [0.4, 0.5) is 19.0 Å². The number of nitrogens with one attached hydrogen (secondary N) is 1. The van der Waals surface area contributed by atoms with Gasteiger partial charge >= 0.3 is 12.1 Å². The quantitative estimate of drug-likeness (QED) is 0.848. The van der Waals surface area contributed by atoms with Crippen molar-refractivity contribution in [1.82, 2.24) is 4.98 Å². The predicted molar refractivity (Wildman–Crippen MR) is 78.5 cm³/mol. The van der Waals surface area contributed by atoms with Crippen LogP contribution in [-0.2, 0) is 16.2 Å². The molecule has 11 heteroatoms. The van der Waals surface area contributed by atoms with Crippen molar-refractivity contribution in [2.45, 2.75) is 11.1 Å². The Morgan fingerprint density at radius 2 is 1.92 bits per heavy atom. The number of halogens is 4. The average molecular weight is 381 g/mol. The van der Waals surface area contributed by atoms with E-state index in [1.807, 2.05) is 4.72 Å². The molecule has 0 aliphatic carbocycles. The summed E-state index contributed by atoms with van der Waals surface area (Å²) in [5, 5.41) is 8.31. The Kier molecular flexibility index (Phi) is 4.72. The van der Waals surface area contributed by atoms with E-state index in [1.165, 1.54) is 12.1 Å². The molecule has 24 heavy (non-hydrogen) atoms. The maximum atomic E-state index is 12.5. The van der Waals surface area contributed by atoms with E-state index >= 15 is 0 Å². The van der Waals surface area contributed by atoms with E-state index in [4.69, 9.17) is 16.7 Å². The van der Waals surface area contributed by atoms with Crippen LogP contribution in [0.15, 0.2) is 41.4 Å². The minimum atomic E-state index is -4.68. The van der Waals surface area contributed by atoms with Gasteiger partial charge in [-0.05, 0) is 24.3 Å². The molecular weight excluding hydrogens is 373 g/mol. The summed E-state index contributed by atoms with van der Waals surface area (Å²) in [5.41, 5.74) is -1.41. The van der Waals surface area contributed by atoms with Crippen molar-refractivity contribution in [3.8, 4) is 0 Å². The van der Waals surface area contributed by atoms with Gasteiger partial charge in [-0.3, -0.25) is 4.72 Å². The Balaban J connectivity index is 2.36. The fraction of sp³-hybridized carbons (Fsp3) is 0.0769. The number of carboxylic acids is 1. The second-order valence-electron chi connectivity index (χ2n) is 4.49. The molecule has 6 nitrogen and oxygen atoms in total. The van der Waals surface area contributed by atoms with Crippen molar-refractivity contribution in [2.24, 2.45) is 0 Å². The van der Waals surface area contributed by atoms with Crippen molar-refractivity contribution in [1.29, 1.82) is 0 Å². The molecule has 0 amide bonds. The molecule has 0 aliphatic heterocycles. The summed E-state index contributed by atoms with van der Waals surface area (Å²) in [4.78, 5) is 13.8. The number of pyridine rings is 1. The van der Waals surface area contributed by atoms with Crippen LogP contribution in [0.1, 0.15) is 15.9 Å². The molecule has 1 aromatic carbocycles. The van der Waals surface area contributed by atoms with E-state index in [0.717, 1.165) is 12.1 Å². The lowest BCUT2D eigenvalue weighted by Crippen LogP contribution is -2.15. The first-order valence-corrected chi connectivity index (χ1v) is 7.96. The fourth-order valence-corrected chi connectivity index (χ4v) is 3.00. The van der Waals surface area contributed by atoms with Crippen LogP contribution in [0.2, 0.25) is 5.02 Å². The van der Waals surface area contributed by atoms with Gasteiger partial charge in [0.1, 0.15) is 0 Å². The van der Waals surface area contributed by atoms with Crippen molar-refractivity contribution in [3.63, 3.8) is 0 Å². The van der Waals surface area contributed by atoms with Crippen LogP contribution in [0.25, 0.3) is 0 Å². The summed E-state index contributed by atoms with van der Waals surface area (Å²) in [6.07, 6.45) is -4.25. The zero-order valence-corrected chi connectivity index (χ0v) is 13.1. The molecule has 0 aliphatic rings. The summed E-state index contributed by atoms with van der Waals surface area (Å²) in [6.45, 7) is 0. The Labute approximate surface area is 139 Å². The van der Waals surface area contributed by atoms with Crippen molar-refractivity contribution >= 4 is 33.4 Å². The fourth-order valence-electron chi connectivity index (χ4n) is 1.65. The number of nitrogens with zero attached hydrogens (tertiary/aromatic N) is 1. The molecule has 2 N–H and O–H groups in total. The molecule has 1 aromatic heterocycles. The van der Waals surface area contributed by atoms with Crippen molar-refractivity contribution in [3.05, 3.63) is 52.7 Å². The van der Waals surface area contributed by atoms with Crippen LogP contribution < -0.4 is 4.72 Å². The highest BCUT2D eigenvalue weighted by Gasteiger charge is 2.32. The lowest BCUT2D eigenvalue weighted by atomic mass is 10.2. The molecule has 0 saturated carbocycles. The second-order valence-corrected chi connectivity index (χ2v) is 6.58. The van der Waals surface area contributed by atoms with Gasteiger partial charge in [-0.1, -0.05) is 17.7 Å². The number of benzene rings is 1. The van der Waals surface area contributed by atoms with E-state index in [9.17, 15) is 26.4 Å². The number of anilines is 1. The molecule has 2 aromatic rings. The number of aromatic carboxylic acids is 1. The number of aromatic nitrogens is 1. The maximum absolute atomic E-state index is 12.5. The molecule has 1 heterocycles. The predicted octanol–water partition coefficient (Wildman–Crippen LogP) is 3.25. The molecule has 0 spiro atoms. The van der Waals surface area contributed by atoms with E-state index in [1.54, 1.807) is 0 Å². The molecule has 0 bridgehead atoms. The third-order valence-electron chi connectivity index (χ3n) is 2.79. The Bertz CT molecular complexity index is 900. The highest BCUT2D eigenvalue weighted by molar-refractivity contribution is 7.92. The van der Waals surface area contributed by atoms with Crippen LogP contribution in [0.5, 0.6) is 0 Å². The molecular formula is C13H8ClF3N2O4S. The van der Waals surface area contributed by atoms with Gasteiger partial charge in [0.2, 0.25) is 0 Å². The molecule has 0 unspecified atom stereocenters. The van der Waals surface area contributed by atoms with Crippen molar-refractivity contribution < 1.29 is 31.5 Å². The topological polar surface area (TPSA) is 96.4 Å². The second kappa shape index (κ2) is 6.29. The minimum Gasteiger partial charge on any atom is -0.478 e. The molecule has 0 atom stereocenters. The summed E-state index contributed by atoms with van der Waals surface area (Å²) in [5.74, 6) is -1.84. The smallest absolute Gasteiger partial charge is 0.417 e. The molecule has 0 saturated heterocycles. The van der Waals surface area contributed by atoms with Gasteiger partial charge in [0.25, 0.3) is 10.0 Å². The van der Waals surface area contributed by atoms with Crippen LogP contribution >= 0.6 is 11.6 Å². The number of carboxylic acid groups (broad SMARTS) is 1. The maximum Gasteiger partial charge on any atom is 0.417 e. The van der Waals surface area contributed by atoms with E-state index < -0.39 is 43.5 Å². The van der Waals surface area contributed by atoms with Crippen LogP contribution in [-0.4, -0.2) is 24.5 Å². The van der Waals surface area contributed by atoms with Gasteiger partial charge in [0, 0.05) is 6.20 Å². The molecule has 0 radical (unpaired) electrons. The number of rotatable bonds is 4. The number of alkyl halides is 3. The highest BCUT2D eigenvalue weighted by Crippen LogP contribution is 2.33. The normalized spacial score (nSPS) is 12.0. The lowest BCUT2D eigenvalue weighted by molar-refractivity contribution is -0.137. The first-order chi connectivity index (χ1) is 11.0. The summed E-state index contributed by atoms with van der Waals surface area (Å²) < 4.78 is 63.9. The average Bonchev–Trinajstić information content (AvgIpc) is 2.48. The summed E-state index contributed by atoms with van der Waals surface area (Å²) in [7, 11) is -4.28. The summed E-state index contributed by atoms with van der Waals surface area (Å²) in [6, 6.07) is 4.93. The zero-order valence-electron chi connectivity index (χ0n) is 11.5. The van der Waals surface area contributed by atoms with E-state index in [-0.39, 0.29) is 5.56 Å². The Morgan fingerprint density at radius 1 is 1.25 bits per heavy atom. The van der Waals surface area contributed by atoms with Gasteiger partial charge < -0.3 is 5.11 Å². The number of hydrogen-bond acceptors (Lipinski definition) is 4. The molecule has 0 fully saturated rings. The van der Waals surface area contributed by atoms with Crippen LogP contribution in [0, 0.1) is 0 Å². The van der Waals surface area contributed by atoms with E-state index in [2.05, 4.69) is 4.98 Å². The Morgan fingerprint density at radius 3 is 2.46 bits per heavy atom.